The summed E-state index contributed by atoms with van der Waals surface area (Å²) in [4.78, 5) is 31.3. The third-order valence-electron chi connectivity index (χ3n) is 7.40. The zero-order valence-electron chi connectivity index (χ0n) is 21.4. The van der Waals surface area contributed by atoms with Gasteiger partial charge in [0.15, 0.2) is 0 Å². The van der Waals surface area contributed by atoms with E-state index in [0.717, 1.165) is 67.2 Å². The molecule has 0 bridgehead atoms. The van der Waals surface area contributed by atoms with Gasteiger partial charge in [-0.15, -0.1) is 0 Å². The number of pyridine rings is 2. The Morgan fingerprint density at radius 1 is 1.11 bits per heavy atom. The Bertz CT molecular complexity index is 1350. The Labute approximate surface area is 223 Å². The van der Waals surface area contributed by atoms with Crippen molar-refractivity contribution in [1.82, 2.24) is 15.3 Å². The summed E-state index contributed by atoms with van der Waals surface area (Å²) in [6.07, 6.45) is 12.2. The summed E-state index contributed by atoms with van der Waals surface area (Å²) in [7, 11) is 0. The summed E-state index contributed by atoms with van der Waals surface area (Å²) in [5, 5.41) is 3.06. The van der Waals surface area contributed by atoms with E-state index in [4.69, 9.17) is 9.72 Å². The first kappa shape index (κ1) is 24.3. The number of fused-ring (bicyclic) bond motifs is 1. The van der Waals surface area contributed by atoms with Crippen LogP contribution in [0.5, 0.6) is 0 Å². The van der Waals surface area contributed by atoms with Crippen LogP contribution in [0, 0.1) is 0 Å². The zero-order valence-corrected chi connectivity index (χ0v) is 21.4. The minimum absolute atomic E-state index is 0.0666. The van der Waals surface area contributed by atoms with Gasteiger partial charge in [0.2, 0.25) is 0 Å². The lowest BCUT2D eigenvalue weighted by Gasteiger charge is -2.31. The van der Waals surface area contributed by atoms with E-state index in [1.165, 1.54) is 5.56 Å². The van der Waals surface area contributed by atoms with Gasteiger partial charge in [-0.25, -0.2) is 4.98 Å². The van der Waals surface area contributed by atoms with Gasteiger partial charge < -0.3 is 19.9 Å². The van der Waals surface area contributed by atoms with Crippen molar-refractivity contribution in [2.75, 3.05) is 49.2 Å². The van der Waals surface area contributed by atoms with E-state index >= 15 is 0 Å². The van der Waals surface area contributed by atoms with Crippen molar-refractivity contribution in [3.05, 3.63) is 83.8 Å². The summed E-state index contributed by atoms with van der Waals surface area (Å²) in [6.45, 7) is 4.52. The van der Waals surface area contributed by atoms with Crippen LogP contribution >= 0.6 is 0 Å². The Kier molecular flexibility index (Phi) is 7.13. The monoisotopic (exact) mass is 508 g/mol. The molecule has 1 unspecified atom stereocenters. The highest BCUT2D eigenvalue weighted by Gasteiger charge is 2.30. The predicted octanol–water partition coefficient (Wildman–Crippen LogP) is 3.67. The largest absolute Gasteiger partial charge is 0.378 e. The second-order valence-electron chi connectivity index (χ2n) is 9.80. The van der Waals surface area contributed by atoms with Crippen LogP contribution in [0.4, 0.5) is 11.6 Å². The molecule has 3 aromatic rings. The molecule has 38 heavy (non-hydrogen) atoms. The molecule has 1 fully saturated rings. The normalized spacial score (nSPS) is 18.5. The van der Waals surface area contributed by atoms with E-state index in [1.807, 2.05) is 48.9 Å². The van der Waals surface area contributed by atoms with Crippen LogP contribution in [0.1, 0.15) is 27.9 Å². The smallest absolute Gasteiger partial charge is 0.251 e. The summed E-state index contributed by atoms with van der Waals surface area (Å²) in [5.74, 6) is 1.94. The lowest BCUT2D eigenvalue weighted by atomic mass is 9.97. The average molecular weight is 509 g/mol. The van der Waals surface area contributed by atoms with Crippen LogP contribution in [0.3, 0.4) is 0 Å². The molecule has 1 saturated heterocycles. The fraction of sp³-hybridized carbons (Fsp3) is 0.333. The number of rotatable bonds is 7. The lowest BCUT2D eigenvalue weighted by molar-refractivity contribution is 0.0954. The van der Waals surface area contributed by atoms with Gasteiger partial charge in [0, 0.05) is 68.5 Å². The van der Waals surface area contributed by atoms with Crippen LogP contribution < -0.4 is 15.1 Å². The molecule has 2 aromatic heterocycles. The van der Waals surface area contributed by atoms with Gasteiger partial charge in [0.05, 0.1) is 19.3 Å². The van der Waals surface area contributed by atoms with Crippen LogP contribution in [-0.2, 0) is 17.6 Å². The number of benzene rings is 1. The quantitative estimate of drug-likeness (QED) is 0.524. The number of carbonyl (C=O) groups is 1. The third kappa shape index (κ3) is 5.17. The molecule has 1 atom stereocenters. The molecule has 3 aliphatic rings. The number of morpholine rings is 1. The molecule has 5 heterocycles. The Morgan fingerprint density at radius 2 is 2.03 bits per heavy atom. The first-order valence-electron chi connectivity index (χ1n) is 13.4. The molecule has 8 heteroatoms. The SMILES string of the molecule is O=C(NCCc1cccnc1)c1cccc(-c2cc(N3CCOCC3)nc3c2CCN3C2C=CN=CC2)c1. The van der Waals surface area contributed by atoms with Gasteiger partial charge in [-0.1, -0.05) is 18.2 Å². The second-order valence-corrected chi connectivity index (χ2v) is 9.80. The molecule has 8 nitrogen and oxygen atoms in total. The van der Waals surface area contributed by atoms with E-state index in [9.17, 15) is 4.79 Å². The zero-order chi connectivity index (χ0) is 25.7. The van der Waals surface area contributed by atoms with Crippen molar-refractivity contribution in [3.63, 3.8) is 0 Å². The molecule has 194 valence electrons. The number of amides is 1. The van der Waals surface area contributed by atoms with Gasteiger partial charge in [0.1, 0.15) is 11.6 Å². The highest BCUT2D eigenvalue weighted by Crippen LogP contribution is 2.39. The number of nitrogens with one attached hydrogen (secondary N) is 1. The number of anilines is 2. The van der Waals surface area contributed by atoms with Gasteiger partial charge in [-0.3, -0.25) is 14.8 Å². The Balaban J connectivity index is 1.29. The molecule has 0 spiro atoms. The summed E-state index contributed by atoms with van der Waals surface area (Å²) in [6, 6.07) is 14.4. The maximum absolute atomic E-state index is 13.0. The molecule has 3 aliphatic heterocycles. The first-order chi connectivity index (χ1) is 18.8. The summed E-state index contributed by atoms with van der Waals surface area (Å²) >= 11 is 0. The van der Waals surface area contributed by atoms with Gasteiger partial charge in [-0.05, 0) is 59.9 Å². The first-order valence-corrected chi connectivity index (χ1v) is 13.4. The lowest BCUT2D eigenvalue weighted by Crippen LogP contribution is -2.37. The molecule has 1 amide bonds. The molecule has 6 rings (SSSR count). The Morgan fingerprint density at radius 3 is 2.84 bits per heavy atom. The van der Waals surface area contributed by atoms with E-state index in [-0.39, 0.29) is 11.9 Å². The standard InChI is InChI=1S/C30H32N6O2/c37-30(33-13-6-22-3-2-10-32-21-22)24-5-1-4-23(19-24)27-20-28(35-15-17-38-18-16-35)34-29-26(27)9-14-36(29)25-7-11-31-12-8-25/h1-5,7,10-12,19-21,25H,6,8-9,13-18H2,(H,33,37). The second kappa shape index (κ2) is 11.1. The molecule has 0 aliphatic carbocycles. The van der Waals surface area contributed by atoms with Crippen LogP contribution in [0.2, 0.25) is 0 Å². The van der Waals surface area contributed by atoms with E-state index in [1.54, 1.807) is 6.20 Å². The number of aliphatic imine (C=N–C) groups is 1. The molecule has 0 radical (unpaired) electrons. The van der Waals surface area contributed by atoms with Crippen LogP contribution in [-0.4, -0.2) is 67.5 Å². The maximum atomic E-state index is 13.0. The topological polar surface area (TPSA) is 83.0 Å². The van der Waals surface area contributed by atoms with Crippen molar-refractivity contribution in [2.24, 2.45) is 4.99 Å². The third-order valence-corrected chi connectivity index (χ3v) is 7.40. The van der Waals surface area contributed by atoms with E-state index in [0.29, 0.717) is 25.3 Å². The van der Waals surface area contributed by atoms with Gasteiger partial charge in [0.25, 0.3) is 5.91 Å². The number of aromatic nitrogens is 2. The number of hydrogen-bond acceptors (Lipinski definition) is 7. The average Bonchev–Trinajstić information content (AvgIpc) is 3.42. The van der Waals surface area contributed by atoms with Crippen LogP contribution in [0.15, 0.2) is 72.1 Å². The number of nitrogens with zero attached hydrogens (tertiary/aromatic N) is 5. The molecular formula is C30H32N6O2. The number of ether oxygens (including phenoxy) is 1. The fourth-order valence-corrected chi connectivity index (χ4v) is 5.39. The van der Waals surface area contributed by atoms with Crippen molar-refractivity contribution in [3.8, 4) is 11.1 Å². The highest BCUT2D eigenvalue weighted by molar-refractivity contribution is 5.96. The van der Waals surface area contributed by atoms with Gasteiger partial charge in [-0.2, -0.15) is 0 Å². The summed E-state index contributed by atoms with van der Waals surface area (Å²) in [5.41, 5.74) is 5.20. The summed E-state index contributed by atoms with van der Waals surface area (Å²) < 4.78 is 5.60. The predicted molar refractivity (Wildman–Crippen MR) is 150 cm³/mol. The van der Waals surface area contributed by atoms with Crippen molar-refractivity contribution in [1.29, 1.82) is 0 Å². The Hall–Kier alpha value is -4.04. The van der Waals surface area contributed by atoms with Crippen LogP contribution in [0.25, 0.3) is 11.1 Å². The molecule has 1 N–H and O–H groups in total. The maximum Gasteiger partial charge on any atom is 0.251 e. The minimum Gasteiger partial charge on any atom is -0.378 e. The van der Waals surface area contributed by atoms with E-state index in [2.05, 4.69) is 43.3 Å². The fourth-order valence-electron chi connectivity index (χ4n) is 5.39. The van der Waals surface area contributed by atoms with Crippen molar-refractivity contribution < 1.29 is 9.53 Å². The van der Waals surface area contributed by atoms with Gasteiger partial charge >= 0.3 is 0 Å². The minimum atomic E-state index is -0.0666. The molecule has 1 aromatic carbocycles. The van der Waals surface area contributed by atoms with Crippen molar-refractivity contribution >= 4 is 23.8 Å². The number of carbonyl (C=O) groups excluding carboxylic acids is 1. The number of hydrogen-bond donors (Lipinski definition) is 1. The highest BCUT2D eigenvalue weighted by atomic mass is 16.5. The van der Waals surface area contributed by atoms with E-state index < -0.39 is 0 Å². The molecule has 0 saturated carbocycles. The van der Waals surface area contributed by atoms with Crippen molar-refractivity contribution in [2.45, 2.75) is 25.3 Å². The molecular weight excluding hydrogens is 476 g/mol.